The standard InChI is InChI=1S/C12H10BrN3O/c13-10-4-3-9(14)6-11(10)16-12(17)8-2-1-5-15-7-8/h1-7H,14H2,(H,16,17). The Balaban J connectivity index is 2.22. The second-order valence-corrected chi connectivity index (χ2v) is 4.29. The number of halogens is 1. The molecule has 1 heterocycles. The number of nitrogens with one attached hydrogen (secondary N) is 1. The van der Waals surface area contributed by atoms with Gasteiger partial charge in [0.2, 0.25) is 0 Å². The zero-order valence-electron chi connectivity index (χ0n) is 8.85. The number of amides is 1. The van der Waals surface area contributed by atoms with Crippen molar-refractivity contribution in [2.45, 2.75) is 0 Å². The van der Waals surface area contributed by atoms with Crippen LogP contribution in [0.4, 0.5) is 11.4 Å². The number of anilines is 2. The number of pyridine rings is 1. The van der Waals surface area contributed by atoms with Gasteiger partial charge in [0.15, 0.2) is 0 Å². The van der Waals surface area contributed by atoms with Gasteiger partial charge in [0.05, 0.1) is 11.3 Å². The molecule has 1 amide bonds. The van der Waals surface area contributed by atoms with Crippen molar-refractivity contribution < 1.29 is 4.79 Å². The van der Waals surface area contributed by atoms with Gasteiger partial charge in [-0.15, -0.1) is 0 Å². The second kappa shape index (κ2) is 4.97. The molecule has 0 aliphatic heterocycles. The lowest BCUT2D eigenvalue weighted by Crippen LogP contribution is -2.12. The highest BCUT2D eigenvalue weighted by Crippen LogP contribution is 2.25. The van der Waals surface area contributed by atoms with Crippen molar-refractivity contribution in [2.75, 3.05) is 11.1 Å². The van der Waals surface area contributed by atoms with Crippen LogP contribution in [-0.4, -0.2) is 10.9 Å². The number of nitrogen functional groups attached to an aromatic ring is 1. The molecule has 1 aromatic heterocycles. The van der Waals surface area contributed by atoms with Gasteiger partial charge in [-0.3, -0.25) is 9.78 Å². The topological polar surface area (TPSA) is 68.0 Å². The minimum atomic E-state index is -0.218. The van der Waals surface area contributed by atoms with E-state index in [-0.39, 0.29) is 5.91 Å². The van der Waals surface area contributed by atoms with E-state index in [1.54, 1.807) is 36.5 Å². The SMILES string of the molecule is Nc1ccc(Br)c(NC(=O)c2cccnc2)c1. The van der Waals surface area contributed by atoms with Crippen LogP contribution < -0.4 is 11.1 Å². The largest absolute Gasteiger partial charge is 0.399 e. The quantitative estimate of drug-likeness (QED) is 0.836. The molecule has 5 heteroatoms. The van der Waals surface area contributed by atoms with E-state index < -0.39 is 0 Å². The molecule has 0 bridgehead atoms. The molecule has 4 nitrogen and oxygen atoms in total. The lowest BCUT2D eigenvalue weighted by molar-refractivity contribution is 0.102. The van der Waals surface area contributed by atoms with E-state index in [1.165, 1.54) is 6.20 Å². The number of benzene rings is 1. The van der Waals surface area contributed by atoms with Crippen molar-refractivity contribution in [1.29, 1.82) is 0 Å². The van der Waals surface area contributed by atoms with Crippen LogP contribution in [0.1, 0.15) is 10.4 Å². The summed E-state index contributed by atoms with van der Waals surface area (Å²) in [5.41, 5.74) is 7.39. The van der Waals surface area contributed by atoms with Gasteiger partial charge in [0.25, 0.3) is 5.91 Å². The van der Waals surface area contributed by atoms with E-state index in [0.717, 1.165) is 4.47 Å². The van der Waals surface area contributed by atoms with E-state index in [4.69, 9.17) is 5.73 Å². The van der Waals surface area contributed by atoms with Crippen molar-refractivity contribution in [2.24, 2.45) is 0 Å². The Labute approximate surface area is 107 Å². The first kappa shape index (κ1) is 11.6. The van der Waals surface area contributed by atoms with Crippen LogP contribution in [0.15, 0.2) is 47.2 Å². The van der Waals surface area contributed by atoms with Gasteiger partial charge in [-0.25, -0.2) is 0 Å². The highest BCUT2D eigenvalue weighted by Gasteiger charge is 2.08. The number of hydrogen-bond acceptors (Lipinski definition) is 3. The predicted molar refractivity (Wildman–Crippen MR) is 70.7 cm³/mol. The number of hydrogen-bond donors (Lipinski definition) is 2. The van der Waals surface area contributed by atoms with Crippen LogP contribution in [0.5, 0.6) is 0 Å². The Hall–Kier alpha value is -1.88. The second-order valence-electron chi connectivity index (χ2n) is 3.44. The van der Waals surface area contributed by atoms with Gasteiger partial charge >= 0.3 is 0 Å². The minimum absolute atomic E-state index is 0.218. The average Bonchev–Trinajstić information content (AvgIpc) is 2.35. The van der Waals surface area contributed by atoms with Gasteiger partial charge in [-0.05, 0) is 46.3 Å². The number of nitrogens with zero attached hydrogens (tertiary/aromatic N) is 1. The molecule has 0 aliphatic carbocycles. The number of rotatable bonds is 2. The molecule has 0 aliphatic rings. The summed E-state index contributed by atoms with van der Waals surface area (Å²) in [6.45, 7) is 0. The van der Waals surface area contributed by atoms with Crippen LogP contribution >= 0.6 is 15.9 Å². The van der Waals surface area contributed by atoms with E-state index in [9.17, 15) is 4.79 Å². The molecular weight excluding hydrogens is 282 g/mol. The van der Waals surface area contributed by atoms with Crippen molar-refractivity contribution in [1.82, 2.24) is 4.98 Å². The number of carbonyl (C=O) groups excluding carboxylic acids is 1. The fourth-order valence-electron chi connectivity index (χ4n) is 1.33. The maximum Gasteiger partial charge on any atom is 0.257 e. The van der Waals surface area contributed by atoms with Crippen molar-refractivity contribution >= 4 is 33.2 Å². The molecule has 86 valence electrons. The minimum Gasteiger partial charge on any atom is -0.399 e. The van der Waals surface area contributed by atoms with E-state index in [2.05, 4.69) is 26.2 Å². The van der Waals surface area contributed by atoms with Gasteiger partial charge in [0, 0.05) is 22.6 Å². The fourth-order valence-corrected chi connectivity index (χ4v) is 1.68. The monoisotopic (exact) mass is 291 g/mol. The molecule has 0 unspecified atom stereocenters. The summed E-state index contributed by atoms with van der Waals surface area (Å²) in [5, 5.41) is 2.76. The van der Waals surface area contributed by atoms with Crippen LogP contribution in [-0.2, 0) is 0 Å². The smallest absolute Gasteiger partial charge is 0.257 e. The molecule has 2 aromatic rings. The summed E-state index contributed by atoms with van der Waals surface area (Å²) >= 11 is 3.35. The van der Waals surface area contributed by atoms with Gasteiger partial charge in [0.1, 0.15) is 0 Å². The predicted octanol–water partition coefficient (Wildman–Crippen LogP) is 2.68. The first-order chi connectivity index (χ1) is 8.16. The molecule has 0 atom stereocenters. The highest BCUT2D eigenvalue weighted by atomic mass is 79.9. The molecule has 2 rings (SSSR count). The zero-order valence-corrected chi connectivity index (χ0v) is 10.4. The summed E-state index contributed by atoms with van der Waals surface area (Å²) in [7, 11) is 0. The number of carbonyl (C=O) groups is 1. The summed E-state index contributed by atoms with van der Waals surface area (Å²) in [4.78, 5) is 15.8. The average molecular weight is 292 g/mol. The van der Waals surface area contributed by atoms with Crippen LogP contribution in [0.3, 0.4) is 0 Å². The maximum absolute atomic E-state index is 11.9. The third-order valence-electron chi connectivity index (χ3n) is 2.16. The first-order valence-corrected chi connectivity index (χ1v) is 5.72. The Morgan fingerprint density at radius 2 is 2.18 bits per heavy atom. The Bertz CT molecular complexity index is 543. The molecule has 0 fully saturated rings. The summed E-state index contributed by atoms with van der Waals surface area (Å²) in [5.74, 6) is -0.218. The van der Waals surface area contributed by atoms with Crippen molar-refractivity contribution in [3.63, 3.8) is 0 Å². The van der Waals surface area contributed by atoms with Gasteiger partial charge in [-0.1, -0.05) is 0 Å². The Morgan fingerprint density at radius 3 is 2.88 bits per heavy atom. The van der Waals surface area contributed by atoms with E-state index >= 15 is 0 Å². The summed E-state index contributed by atoms with van der Waals surface area (Å²) in [6.07, 6.45) is 3.13. The van der Waals surface area contributed by atoms with Gasteiger partial charge < -0.3 is 11.1 Å². The van der Waals surface area contributed by atoms with Crippen LogP contribution in [0, 0.1) is 0 Å². The maximum atomic E-state index is 11.9. The van der Waals surface area contributed by atoms with Gasteiger partial charge in [-0.2, -0.15) is 0 Å². The molecule has 0 radical (unpaired) electrons. The van der Waals surface area contributed by atoms with Crippen LogP contribution in [0.2, 0.25) is 0 Å². The normalized spacial score (nSPS) is 9.94. The Kier molecular flexibility index (Phi) is 3.39. The molecule has 0 saturated heterocycles. The zero-order chi connectivity index (χ0) is 12.3. The number of nitrogens with two attached hydrogens (primary N) is 1. The third-order valence-corrected chi connectivity index (χ3v) is 2.85. The third kappa shape index (κ3) is 2.82. The molecule has 17 heavy (non-hydrogen) atoms. The van der Waals surface area contributed by atoms with Crippen LogP contribution in [0.25, 0.3) is 0 Å². The van der Waals surface area contributed by atoms with Crippen molar-refractivity contribution in [3.05, 3.63) is 52.8 Å². The first-order valence-electron chi connectivity index (χ1n) is 4.93. The summed E-state index contributed by atoms with van der Waals surface area (Å²) < 4.78 is 0.781. The molecule has 0 spiro atoms. The highest BCUT2D eigenvalue weighted by molar-refractivity contribution is 9.10. The fraction of sp³-hybridized carbons (Fsp3) is 0. The number of aromatic nitrogens is 1. The molecule has 3 N–H and O–H groups in total. The van der Waals surface area contributed by atoms with E-state index in [0.29, 0.717) is 16.9 Å². The molecular formula is C12H10BrN3O. The summed E-state index contributed by atoms with van der Waals surface area (Å²) in [6, 6.07) is 8.64. The van der Waals surface area contributed by atoms with E-state index in [1.807, 2.05) is 0 Å². The van der Waals surface area contributed by atoms with Crippen molar-refractivity contribution in [3.8, 4) is 0 Å². The lowest BCUT2D eigenvalue weighted by atomic mass is 10.2. The lowest BCUT2D eigenvalue weighted by Gasteiger charge is -2.07. The molecule has 1 aromatic carbocycles. The Morgan fingerprint density at radius 1 is 1.35 bits per heavy atom. The molecule has 0 saturated carbocycles.